The highest BCUT2D eigenvalue weighted by atomic mass is 16.1. The molecular formula is C24H47NO. The van der Waals surface area contributed by atoms with E-state index in [1.165, 1.54) is 96.3 Å². The molecular weight excluding hydrogens is 318 g/mol. The van der Waals surface area contributed by atoms with E-state index in [4.69, 9.17) is 0 Å². The Hall–Kier alpha value is -0.790. The monoisotopic (exact) mass is 365 g/mol. The van der Waals surface area contributed by atoms with Gasteiger partial charge in [-0.3, -0.25) is 4.79 Å². The fraction of sp³-hybridized carbons (Fsp3) is 0.875. The Bertz CT molecular complexity index is 311. The zero-order valence-corrected chi connectivity index (χ0v) is 18.0. The minimum absolute atomic E-state index is 0.249. The lowest BCUT2D eigenvalue weighted by molar-refractivity contribution is -0.121. The number of nitrogens with one attached hydrogen (secondary N) is 1. The summed E-state index contributed by atoms with van der Waals surface area (Å²) in [6.45, 7) is 5.35. The van der Waals surface area contributed by atoms with E-state index in [1.807, 2.05) is 0 Å². The van der Waals surface area contributed by atoms with Crippen LogP contribution in [0.1, 0.15) is 129 Å². The summed E-state index contributed by atoms with van der Waals surface area (Å²) in [6.07, 6.45) is 27.3. The second-order valence-corrected chi connectivity index (χ2v) is 7.74. The molecule has 0 aliphatic heterocycles. The van der Waals surface area contributed by atoms with Gasteiger partial charge >= 0.3 is 0 Å². The van der Waals surface area contributed by atoms with E-state index in [1.54, 1.807) is 0 Å². The molecule has 0 aromatic carbocycles. The Morgan fingerprint density at radius 1 is 0.615 bits per heavy atom. The van der Waals surface area contributed by atoms with Gasteiger partial charge in [0.05, 0.1) is 0 Å². The van der Waals surface area contributed by atoms with Crippen LogP contribution in [0.15, 0.2) is 12.2 Å². The maximum Gasteiger partial charge on any atom is 0.219 e. The summed E-state index contributed by atoms with van der Waals surface area (Å²) in [5.41, 5.74) is 0. The fourth-order valence-corrected chi connectivity index (χ4v) is 3.22. The smallest absolute Gasteiger partial charge is 0.219 e. The number of hydrogen-bond acceptors (Lipinski definition) is 1. The number of hydrogen-bond donors (Lipinski definition) is 1. The molecule has 0 saturated heterocycles. The summed E-state index contributed by atoms with van der Waals surface area (Å²) in [5, 5.41) is 3.04. The number of carbonyl (C=O) groups is 1. The van der Waals surface area contributed by atoms with Crippen molar-refractivity contribution in [2.24, 2.45) is 0 Å². The largest absolute Gasteiger partial charge is 0.356 e. The van der Waals surface area contributed by atoms with Crippen molar-refractivity contribution in [2.75, 3.05) is 6.54 Å². The standard InChI is InChI=1S/C24H47NO/c1-3-5-7-9-10-11-12-13-14-15-16-17-18-19-20-22-24(26)25-23-21-8-6-4-2/h13-14H,3-12,15-23H2,1-2H3,(H,25,26)/b14-13-. The first kappa shape index (κ1) is 25.2. The van der Waals surface area contributed by atoms with Crippen LogP contribution >= 0.6 is 0 Å². The lowest BCUT2D eigenvalue weighted by Gasteiger charge is -2.05. The van der Waals surface area contributed by atoms with Gasteiger partial charge in [-0.1, -0.05) is 96.6 Å². The summed E-state index contributed by atoms with van der Waals surface area (Å²) >= 11 is 0. The minimum atomic E-state index is 0.249. The number of carbonyl (C=O) groups excluding carboxylic acids is 1. The van der Waals surface area contributed by atoms with Crippen LogP contribution in [0, 0.1) is 0 Å². The van der Waals surface area contributed by atoms with Crippen molar-refractivity contribution in [3.63, 3.8) is 0 Å². The highest BCUT2D eigenvalue weighted by molar-refractivity contribution is 5.75. The molecule has 0 aromatic heterocycles. The summed E-state index contributed by atoms with van der Waals surface area (Å²) in [4.78, 5) is 11.7. The van der Waals surface area contributed by atoms with Crippen LogP contribution in [0.2, 0.25) is 0 Å². The van der Waals surface area contributed by atoms with Gasteiger partial charge in [0.1, 0.15) is 0 Å². The first-order valence-corrected chi connectivity index (χ1v) is 11.7. The Kier molecular flexibility index (Phi) is 21.6. The average Bonchev–Trinajstić information content (AvgIpc) is 2.64. The minimum Gasteiger partial charge on any atom is -0.356 e. The molecule has 154 valence electrons. The van der Waals surface area contributed by atoms with Crippen molar-refractivity contribution >= 4 is 5.91 Å². The van der Waals surface area contributed by atoms with Crippen molar-refractivity contribution in [1.82, 2.24) is 5.32 Å². The van der Waals surface area contributed by atoms with Crippen molar-refractivity contribution in [3.05, 3.63) is 12.2 Å². The Balaban J connectivity index is 3.18. The molecule has 2 nitrogen and oxygen atoms in total. The van der Waals surface area contributed by atoms with E-state index >= 15 is 0 Å². The molecule has 1 N–H and O–H groups in total. The van der Waals surface area contributed by atoms with E-state index in [2.05, 4.69) is 31.3 Å². The number of amides is 1. The molecule has 0 saturated carbocycles. The molecule has 0 heterocycles. The fourth-order valence-electron chi connectivity index (χ4n) is 3.22. The third-order valence-corrected chi connectivity index (χ3v) is 5.02. The van der Waals surface area contributed by atoms with Gasteiger partial charge in [-0.05, 0) is 38.5 Å². The maximum absolute atomic E-state index is 11.7. The summed E-state index contributed by atoms with van der Waals surface area (Å²) < 4.78 is 0. The molecule has 0 radical (unpaired) electrons. The topological polar surface area (TPSA) is 29.1 Å². The van der Waals surface area contributed by atoms with Crippen LogP contribution in [-0.2, 0) is 4.79 Å². The summed E-state index contributed by atoms with van der Waals surface area (Å²) in [6, 6.07) is 0. The summed E-state index contributed by atoms with van der Waals surface area (Å²) in [7, 11) is 0. The van der Waals surface area contributed by atoms with Gasteiger partial charge < -0.3 is 5.32 Å². The van der Waals surface area contributed by atoms with Gasteiger partial charge in [0.15, 0.2) is 0 Å². The Morgan fingerprint density at radius 3 is 1.65 bits per heavy atom. The van der Waals surface area contributed by atoms with Gasteiger partial charge in [0, 0.05) is 13.0 Å². The van der Waals surface area contributed by atoms with E-state index in [0.717, 1.165) is 19.4 Å². The van der Waals surface area contributed by atoms with Crippen molar-refractivity contribution in [1.29, 1.82) is 0 Å². The number of rotatable bonds is 20. The van der Waals surface area contributed by atoms with E-state index < -0.39 is 0 Å². The number of allylic oxidation sites excluding steroid dienone is 2. The normalized spacial score (nSPS) is 11.3. The highest BCUT2D eigenvalue weighted by Crippen LogP contribution is 2.10. The molecule has 26 heavy (non-hydrogen) atoms. The van der Waals surface area contributed by atoms with Gasteiger partial charge in [-0.2, -0.15) is 0 Å². The maximum atomic E-state index is 11.7. The van der Waals surface area contributed by atoms with Crippen molar-refractivity contribution in [3.8, 4) is 0 Å². The first-order valence-electron chi connectivity index (χ1n) is 11.7. The first-order chi connectivity index (χ1) is 12.8. The molecule has 0 aliphatic carbocycles. The van der Waals surface area contributed by atoms with Crippen molar-refractivity contribution < 1.29 is 4.79 Å². The van der Waals surface area contributed by atoms with Crippen LogP contribution in [-0.4, -0.2) is 12.5 Å². The highest BCUT2D eigenvalue weighted by Gasteiger charge is 2.00. The summed E-state index contributed by atoms with van der Waals surface area (Å²) in [5.74, 6) is 0.249. The van der Waals surface area contributed by atoms with E-state index in [9.17, 15) is 4.79 Å². The van der Waals surface area contributed by atoms with Crippen LogP contribution in [0.3, 0.4) is 0 Å². The van der Waals surface area contributed by atoms with Gasteiger partial charge in [-0.25, -0.2) is 0 Å². The zero-order chi connectivity index (χ0) is 19.1. The average molecular weight is 366 g/mol. The quantitative estimate of drug-likeness (QED) is 0.174. The predicted molar refractivity (Wildman–Crippen MR) is 117 cm³/mol. The lowest BCUT2D eigenvalue weighted by atomic mass is 10.1. The molecule has 0 aliphatic rings. The molecule has 2 heteroatoms. The molecule has 0 aromatic rings. The van der Waals surface area contributed by atoms with Crippen LogP contribution < -0.4 is 5.32 Å². The molecule has 0 rings (SSSR count). The molecule has 0 unspecified atom stereocenters. The molecule has 0 atom stereocenters. The van der Waals surface area contributed by atoms with Gasteiger partial charge in [0.2, 0.25) is 5.91 Å². The van der Waals surface area contributed by atoms with E-state index in [-0.39, 0.29) is 5.91 Å². The molecule has 0 fully saturated rings. The van der Waals surface area contributed by atoms with Crippen LogP contribution in [0.25, 0.3) is 0 Å². The lowest BCUT2D eigenvalue weighted by Crippen LogP contribution is -2.23. The Morgan fingerprint density at radius 2 is 1.08 bits per heavy atom. The van der Waals surface area contributed by atoms with Gasteiger partial charge in [-0.15, -0.1) is 0 Å². The molecule has 0 spiro atoms. The van der Waals surface area contributed by atoms with Gasteiger partial charge in [0.25, 0.3) is 0 Å². The predicted octanol–water partition coefficient (Wildman–Crippen LogP) is 7.72. The second-order valence-electron chi connectivity index (χ2n) is 7.74. The van der Waals surface area contributed by atoms with E-state index in [0.29, 0.717) is 6.42 Å². The SMILES string of the molecule is CCCCCCCC/C=C\CCCCCCCC(=O)NCCCCCC. The molecule has 1 amide bonds. The molecule has 0 bridgehead atoms. The third-order valence-electron chi connectivity index (χ3n) is 5.02. The van der Waals surface area contributed by atoms with Crippen LogP contribution in [0.5, 0.6) is 0 Å². The van der Waals surface area contributed by atoms with Crippen molar-refractivity contribution in [2.45, 2.75) is 129 Å². The number of unbranched alkanes of at least 4 members (excludes halogenated alkanes) is 14. The van der Waals surface area contributed by atoms with Crippen LogP contribution in [0.4, 0.5) is 0 Å². The third kappa shape index (κ3) is 21.3. The zero-order valence-electron chi connectivity index (χ0n) is 18.0. The Labute approximate surface area is 164 Å². The second kappa shape index (κ2) is 22.3.